The van der Waals surface area contributed by atoms with E-state index in [2.05, 4.69) is 12.1 Å². The van der Waals surface area contributed by atoms with Crippen molar-refractivity contribution in [1.82, 2.24) is 0 Å². The van der Waals surface area contributed by atoms with Crippen LogP contribution in [0.1, 0.15) is 96.3 Å². The predicted octanol–water partition coefficient (Wildman–Crippen LogP) is 7.48. The molecule has 26 heavy (non-hydrogen) atoms. The van der Waals surface area contributed by atoms with Gasteiger partial charge in [0.05, 0.1) is 0 Å². The van der Waals surface area contributed by atoms with Crippen LogP contribution in [0.5, 0.6) is 0 Å². The van der Waals surface area contributed by atoms with Crippen LogP contribution in [0.25, 0.3) is 0 Å². The number of benzene rings is 1. The van der Waals surface area contributed by atoms with Crippen LogP contribution in [0, 0.1) is 5.82 Å². The van der Waals surface area contributed by atoms with Crippen molar-refractivity contribution in [3.05, 3.63) is 30.1 Å². The molecule has 0 aromatic heterocycles. The molecule has 0 amide bonds. The average Bonchev–Trinajstić information content (AvgIpc) is 2.72. The van der Waals surface area contributed by atoms with Crippen molar-refractivity contribution in [1.29, 1.82) is 0 Å². The third-order valence-electron chi connectivity index (χ3n) is 8.18. The van der Waals surface area contributed by atoms with Crippen molar-refractivity contribution in [2.45, 2.75) is 108 Å². The molecular weight excluding hydrogens is 426 g/mol. The SMILES string of the molecule is Fc1cccc[c]1[Sn]([CH]1CCCCC1)([CH]1CCCCC1)[CH]1CCCCC1. The van der Waals surface area contributed by atoms with E-state index in [0.29, 0.717) is 0 Å². The summed E-state index contributed by atoms with van der Waals surface area (Å²) in [5.41, 5.74) is 0. The van der Waals surface area contributed by atoms with Gasteiger partial charge in [0, 0.05) is 0 Å². The standard InChI is InChI=1S/C6H4F.3C6H11.Sn/c7-6-4-2-1-3-5-6;3*1-2-4-6-5-3-1;/h1-4H;3*1H,2-6H2;. The fourth-order valence-electron chi connectivity index (χ4n) is 7.21. The number of hydrogen-bond acceptors (Lipinski definition) is 0. The van der Waals surface area contributed by atoms with E-state index in [1.165, 1.54) is 99.9 Å². The predicted molar refractivity (Wildman–Crippen MR) is 112 cm³/mol. The Hall–Kier alpha value is -0.0513. The average molecular weight is 463 g/mol. The van der Waals surface area contributed by atoms with Crippen LogP contribution in [0.3, 0.4) is 0 Å². The van der Waals surface area contributed by atoms with E-state index in [1.807, 2.05) is 6.07 Å². The van der Waals surface area contributed by atoms with Crippen LogP contribution < -0.4 is 3.58 Å². The number of hydrogen-bond donors (Lipinski definition) is 0. The Bertz CT molecular complexity index is 520. The Balaban J connectivity index is 1.84. The normalized spacial score (nSPS) is 24.7. The van der Waals surface area contributed by atoms with Crippen molar-refractivity contribution in [2.24, 2.45) is 0 Å². The first-order chi connectivity index (χ1) is 12.8. The molecule has 3 aliphatic rings. The van der Waals surface area contributed by atoms with Gasteiger partial charge in [-0.25, -0.2) is 0 Å². The maximum absolute atomic E-state index is 15.4. The van der Waals surface area contributed by atoms with E-state index in [4.69, 9.17) is 0 Å². The van der Waals surface area contributed by atoms with Crippen molar-refractivity contribution in [3.63, 3.8) is 0 Å². The summed E-state index contributed by atoms with van der Waals surface area (Å²) in [6, 6.07) is 8.18. The van der Waals surface area contributed by atoms with Crippen LogP contribution in [0.2, 0.25) is 11.8 Å². The molecule has 0 bridgehead atoms. The van der Waals surface area contributed by atoms with E-state index >= 15 is 4.39 Å². The first-order valence-corrected chi connectivity index (χ1v) is 18.0. The Kier molecular flexibility index (Phi) is 6.65. The summed E-state index contributed by atoms with van der Waals surface area (Å²) >= 11 is -2.92. The molecule has 0 aliphatic heterocycles. The summed E-state index contributed by atoms with van der Waals surface area (Å²) in [4.78, 5) is 0. The Morgan fingerprint density at radius 2 is 0.962 bits per heavy atom. The fourth-order valence-corrected chi connectivity index (χ4v) is 30.9. The summed E-state index contributed by atoms with van der Waals surface area (Å²) in [6.07, 6.45) is 21.3. The third kappa shape index (κ3) is 3.63. The Morgan fingerprint density at radius 1 is 0.577 bits per heavy atom. The van der Waals surface area contributed by atoms with Gasteiger partial charge in [-0.2, -0.15) is 0 Å². The van der Waals surface area contributed by atoms with Gasteiger partial charge >= 0.3 is 165 Å². The van der Waals surface area contributed by atoms with Crippen molar-refractivity contribution >= 4 is 22.0 Å². The van der Waals surface area contributed by atoms with Crippen molar-refractivity contribution < 1.29 is 4.39 Å². The van der Waals surface area contributed by atoms with E-state index in [-0.39, 0.29) is 5.82 Å². The molecule has 0 unspecified atom stereocenters. The molecule has 0 atom stereocenters. The second kappa shape index (κ2) is 8.97. The fraction of sp³-hybridized carbons (Fsp3) is 0.750. The molecule has 3 fully saturated rings. The van der Waals surface area contributed by atoms with Crippen LogP contribution in [0.4, 0.5) is 4.39 Å². The zero-order chi connectivity index (χ0) is 17.8. The summed E-state index contributed by atoms with van der Waals surface area (Å²) in [5, 5.41) is 0. The molecule has 4 rings (SSSR count). The van der Waals surface area contributed by atoms with Crippen molar-refractivity contribution in [3.8, 4) is 0 Å². The molecule has 0 nitrogen and oxygen atoms in total. The first-order valence-electron chi connectivity index (χ1n) is 11.6. The molecule has 0 heterocycles. The Labute approximate surface area is 164 Å². The molecular formula is C24H37FSn. The molecule has 0 spiro atoms. The van der Waals surface area contributed by atoms with Gasteiger partial charge in [-0.15, -0.1) is 0 Å². The van der Waals surface area contributed by atoms with E-state index in [9.17, 15) is 0 Å². The van der Waals surface area contributed by atoms with Gasteiger partial charge < -0.3 is 0 Å². The molecule has 3 aliphatic carbocycles. The van der Waals surface area contributed by atoms with Crippen molar-refractivity contribution in [2.75, 3.05) is 0 Å². The minimum absolute atomic E-state index is 0.185. The van der Waals surface area contributed by atoms with Crippen LogP contribution in [-0.4, -0.2) is 18.4 Å². The molecule has 0 N–H and O–H groups in total. The Morgan fingerprint density at radius 3 is 1.35 bits per heavy atom. The summed E-state index contributed by atoms with van der Waals surface area (Å²) in [7, 11) is 0. The van der Waals surface area contributed by atoms with E-state index in [1.54, 1.807) is 6.07 Å². The summed E-state index contributed by atoms with van der Waals surface area (Å²) in [5.74, 6) is 0.185. The van der Waals surface area contributed by atoms with E-state index in [0.717, 1.165) is 11.8 Å². The quantitative estimate of drug-likeness (QED) is 0.406. The molecule has 1 aromatic rings. The van der Waals surface area contributed by atoms with Gasteiger partial charge in [-0.3, -0.25) is 0 Å². The zero-order valence-corrected chi connectivity index (χ0v) is 19.4. The van der Waals surface area contributed by atoms with Crippen LogP contribution in [-0.2, 0) is 0 Å². The van der Waals surface area contributed by atoms with Crippen LogP contribution in [0.15, 0.2) is 24.3 Å². The molecule has 1 aromatic carbocycles. The van der Waals surface area contributed by atoms with Gasteiger partial charge in [-0.05, 0) is 0 Å². The molecule has 3 saturated carbocycles. The van der Waals surface area contributed by atoms with Gasteiger partial charge in [0.25, 0.3) is 0 Å². The minimum atomic E-state index is -2.92. The van der Waals surface area contributed by atoms with Gasteiger partial charge in [-0.1, -0.05) is 0 Å². The van der Waals surface area contributed by atoms with E-state index < -0.39 is 18.4 Å². The third-order valence-corrected chi connectivity index (χ3v) is 28.5. The van der Waals surface area contributed by atoms with Gasteiger partial charge in [0.2, 0.25) is 0 Å². The van der Waals surface area contributed by atoms with Crippen LogP contribution >= 0.6 is 0 Å². The topological polar surface area (TPSA) is 0 Å². The zero-order valence-electron chi connectivity index (χ0n) is 16.5. The number of halogens is 1. The second-order valence-corrected chi connectivity index (χ2v) is 23.3. The number of rotatable bonds is 4. The van der Waals surface area contributed by atoms with Gasteiger partial charge in [0.15, 0.2) is 0 Å². The first kappa shape index (κ1) is 19.3. The second-order valence-electron chi connectivity index (χ2n) is 9.42. The molecule has 144 valence electrons. The molecule has 2 heteroatoms. The molecule has 0 radical (unpaired) electrons. The maximum atomic E-state index is 15.4. The summed E-state index contributed by atoms with van der Waals surface area (Å²) < 4.78 is 19.5. The molecule has 0 saturated heterocycles. The summed E-state index contributed by atoms with van der Waals surface area (Å²) in [6.45, 7) is 0. The van der Waals surface area contributed by atoms with Gasteiger partial charge in [0.1, 0.15) is 0 Å². The monoisotopic (exact) mass is 464 g/mol.